The SMILES string of the molecule is CC.CC(=O)OCc1cc(COC(=O)O)c(P)c(COC(=O)S)c1. The lowest BCUT2D eigenvalue weighted by Crippen LogP contribution is -2.15. The summed E-state index contributed by atoms with van der Waals surface area (Å²) in [4.78, 5) is 32.2. The fraction of sp³-hybridized carbons (Fsp3) is 0.400. The summed E-state index contributed by atoms with van der Waals surface area (Å²) >= 11 is 3.51. The lowest BCUT2D eigenvalue weighted by molar-refractivity contribution is -0.142. The van der Waals surface area contributed by atoms with E-state index in [0.29, 0.717) is 22.0 Å². The molecule has 0 aliphatic carbocycles. The maximum Gasteiger partial charge on any atom is 0.506 e. The van der Waals surface area contributed by atoms with E-state index in [1.54, 1.807) is 12.1 Å². The zero-order chi connectivity index (χ0) is 18.7. The van der Waals surface area contributed by atoms with Crippen LogP contribution in [0.2, 0.25) is 0 Å². The molecule has 1 unspecified atom stereocenters. The van der Waals surface area contributed by atoms with E-state index < -0.39 is 17.4 Å². The summed E-state index contributed by atoms with van der Waals surface area (Å²) in [6, 6.07) is 3.34. The molecule has 0 saturated carbocycles. The van der Waals surface area contributed by atoms with E-state index in [4.69, 9.17) is 14.6 Å². The second kappa shape index (κ2) is 11.7. The Bertz CT molecular complexity index is 550. The van der Waals surface area contributed by atoms with Gasteiger partial charge in [-0.15, -0.1) is 9.24 Å². The van der Waals surface area contributed by atoms with Crippen molar-refractivity contribution in [3.63, 3.8) is 0 Å². The van der Waals surface area contributed by atoms with Gasteiger partial charge in [-0.2, -0.15) is 0 Å². The molecular formula is C15H21O7PS. The molecule has 1 aromatic carbocycles. The quantitative estimate of drug-likeness (QED) is 0.341. The van der Waals surface area contributed by atoms with Gasteiger partial charge in [0.1, 0.15) is 19.8 Å². The molecule has 9 heteroatoms. The molecule has 0 aliphatic rings. The van der Waals surface area contributed by atoms with Crippen molar-refractivity contribution in [3.05, 3.63) is 28.8 Å². The van der Waals surface area contributed by atoms with Gasteiger partial charge in [0.05, 0.1) is 0 Å². The minimum atomic E-state index is -1.40. The second-order valence-electron chi connectivity index (χ2n) is 4.22. The van der Waals surface area contributed by atoms with Gasteiger partial charge in [0.15, 0.2) is 0 Å². The molecule has 0 aromatic heterocycles. The number of hydrogen-bond acceptors (Lipinski definition) is 6. The zero-order valence-electron chi connectivity index (χ0n) is 13.7. The van der Waals surface area contributed by atoms with Crippen molar-refractivity contribution in [1.82, 2.24) is 0 Å². The minimum absolute atomic E-state index is 0.0160. The van der Waals surface area contributed by atoms with E-state index in [1.165, 1.54) is 6.92 Å². The Morgan fingerprint density at radius 1 is 1.04 bits per heavy atom. The van der Waals surface area contributed by atoms with Crippen molar-refractivity contribution in [2.45, 2.75) is 40.6 Å². The molecule has 0 aliphatic heterocycles. The van der Waals surface area contributed by atoms with Crippen LogP contribution in [-0.4, -0.2) is 22.5 Å². The fourth-order valence-corrected chi connectivity index (χ4v) is 2.03. The van der Waals surface area contributed by atoms with Crippen LogP contribution >= 0.6 is 21.9 Å². The molecule has 0 spiro atoms. The number of thiol groups is 1. The number of carbonyl (C=O) groups is 3. The average molecular weight is 376 g/mol. The van der Waals surface area contributed by atoms with Crippen molar-refractivity contribution >= 4 is 44.6 Å². The molecule has 24 heavy (non-hydrogen) atoms. The summed E-state index contributed by atoms with van der Waals surface area (Å²) < 4.78 is 14.3. The van der Waals surface area contributed by atoms with Gasteiger partial charge >= 0.3 is 17.4 Å². The smallest absolute Gasteiger partial charge is 0.461 e. The maximum atomic E-state index is 10.9. The highest BCUT2D eigenvalue weighted by molar-refractivity contribution is 7.96. The van der Waals surface area contributed by atoms with Gasteiger partial charge < -0.3 is 19.3 Å². The van der Waals surface area contributed by atoms with Crippen LogP contribution in [0.4, 0.5) is 9.59 Å². The Hall–Kier alpha value is -1.79. The van der Waals surface area contributed by atoms with Crippen molar-refractivity contribution in [2.75, 3.05) is 0 Å². The predicted octanol–water partition coefficient (Wildman–Crippen LogP) is 3.04. The number of hydrogen-bond donors (Lipinski definition) is 2. The number of carbonyl (C=O) groups excluding carboxylic acids is 2. The second-order valence-corrected chi connectivity index (χ2v) is 5.16. The molecule has 1 rings (SSSR count). The van der Waals surface area contributed by atoms with E-state index in [1.807, 2.05) is 13.8 Å². The Kier molecular flexibility index (Phi) is 10.8. The predicted molar refractivity (Wildman–Crippen MR) is 94.6 cm³/mol. The van der Waals surface area contributed by atoms with E-state index in [-0.39, 0.29) is 19.8 Å². The first kappa shape index (κ1) is 22.2. The van der Waals surface area contributed by atoms with Crippen LogP contribution in [0.15, 0.2) is 12.1 Å². The van der Waals surface area contributed by atoms with Crippen molar-refractivity contribution < 1.29 is 33.7 Å². The highest BCUT2D eigenvalue weighted by Gasteiger charge is 2.12. The van der Waals surface area contributed by atoms with E-state index in [0.717, 1.165) is 0 Å². The highest BCUT2D eigenvalue weighted by Crippen LogP contribution is 2.15. The zero-order valence-corrected chi connectivity index (χ0v) is 15.7. The molecule has 0 heterocycles. The summed E-state index contributed by atoms with van der Waals surface area (Å²) in [7, 11) is 2.44. The maximum absolute atomic E-state index is 10.9. The normalized spacial score (nSPS) is 9.38. The van der Waals surface area contributed by atoms with E-state index in [9.17, 15) is 14.4 Å². The van der Waals surface area contributed by atoms with Gasteiger partial charge in [0, 0.05) is 6.92 Å². The van der Waals surface area contributed by atoms with Crippen LogP contribution in [0.25, 0.3) is 0 Å². The summed E-state index contributed by atoms with van der Waals surface area (Å²) in [6.45, 7) is 5.07. The van der Waals surface area contributed by atoms with E-state index >= 15 is 0 Å². The van der Waals surface area contributed by atoms with Crippen LogP contribution in [-0.2, 0) is 38.8 Å². The Morgan fingerprint density at radius 3 is 1.96 bits per heavy atom. The first-order chi connectivity index (χ1) is 11.3. The molecular weight excluding hydrogens is 355 g/mol. The van der Waals surface area contributed by atoms with Gasteiger partial charge in [0.2, 0.25) is 0 Å². The fourth-order valence-electron chi connectivity index (χ4n) is 1.64. The van der Waals surface area contributed by atoms with Crippen molar-refractivity contribution in [1.29, 1.82) is 0 Å². The summed E-state index contributed by atoms with van der Waals surface area (Å²) in [5.74, 6) is -0.443. The average Bonchev–Trinajstić information content (AvgIpc) is 2.52. The van der Waals surface area contributed by atoms with Crippen LogP contribution in [0, 0.1) is 0 Å². The van der Waals surface area contributed by atoms with Crippen molar-refractivity contribution in [2.24, 2.45) is 0 Å². The minimum Gasteiger partial charge on any atom is -0.461 e. The third-order valence-corrected chi connectivity index (χ3v) is 3.43. The molecule has 1 aromatic rings. The lowest BCUT2D eigenvalue weighted by atomic mass is 10.1. The molecule has 1 atom stereocenters. The molecule has 7 nitrogen and oxygen atoms in total. The number of benzene rings is 1. The molecule has 0 radical (unpaired) electrons. The van der Waals surface area contributed by atoms with Crippen LogP contribution < -0.4 is 5.30 Å². The third-order valence-electron chi connectivity index (χ3n) is 2.56. The van der Waals surface area contributed by atoms with Gasteiger partial charge in [-0.05, 0) is 34.1 Å². The third kappa shape index (κ3) is 8.74. The first-order valence-corrected chi connectivity index (χ1v) is 8.07. The number of rotatable bonds is 6. The van der Waals surface area contributed by atoms with Crippen LogP contribution in [0.3, 0.4) is 0 Å². The molecule has 1 N–H and O–H groups in total. The van der Waals surface area contributed by atoms with E-state index in [2.05, 4.69) is 26.6 Å². The molecule has 0 fully saturated rings. The topological polar surface area (TPSA) is 99.1 Å². The Morgan fingerprint density at radius 2 is 1.54 bits per heavy atom. The number of carboxylic acid groups (broad SMARTS) is 1. The molecule has 0 bridgehead atoms. The first-order valence-electron chi connectivity index (χ1n) is 7.04. The van der Waals surface area contributed by atoms with Gasteiger partial charge in [-0.3, -0.25) is 4.79 Å². The number of esters is 1. The van der Waals surface area contributed by atoms with Crippen molar-refractivity contribution in [3.8, 4) is 0 Å². The highest BCUT2D eigenvalue weighted by atomic mass is 32.1. The van der Waals surface area contributed by atoms with Gasteiger partial charge in [-0.25, -0.2) is 9.59 Å². The summed E-state index contributed by atoms with van der Waals surface area (Å²) in [5, 5.41) is 8.48. The standard InChI is InChI=1S/C13H15O7PS.C2H6/c1-7(14)18-4-8-2-9(5-19-12(15)16)11(21)10(3-8)6-20-13(17)22;1-2/h2-3H,4-6,21H2,1H3,(H,15,16)(H,17,22);1-2H3. The van der Waals surface area contributed by atoms with Crippen LogP contribution in [0.5, 0.6) is 0 Å². The Balaban J connectivity index is 0.00000254. The summed E-state index contributed by atoms with van der Waals surface area (Å²) in [5.41, 5.74) is 1.79. The van der Waals surface area contributed by atoms with Gasteiger partial charge in [0.25, 0.3) is 0 Å². The lowest BCUT2D eigenvalue weighted by Gasteiger charge is -2.14. The molecule has 0 amide bonds. The monoisotopic (exact) mass is 376 g/mol. The molecule has 0 saturated heterocycles. The Labute approximate surface area is 148 Å². The largest absolute Gasteiger partial charge is 0.506 e. The summed E-state index contributed by atoms with van der Waals surface area (Å²) in [6.07, 6.45) is -1.40. The number of ether oxygens (including phenoxy) is 3. The van der Waals surface area contributed by atoms with Crippen LogP contribution in [0.1, 0.15) is 37.5 Å². The molecule has 134 valence electrons. The van der Waals surface area contributed by atoms with Gasteiger partial charge in [-0.1, -0.05) is 26.5 Å².